The highest BCUT2D eigenvalue weighted by atomic mass is 35.5. The van der Waals surface area contributed by atoms with Gasteiger partial charge in [-0.15, -0.1) is 23.1 Å². The van der Waals surface area contributed by atoms with E-state index in [2.05, 4.69) is 11.5 Å². The van der Waals surface area contributed by atoms with Crippen molar-refractivity contribution in [2.24, 2.45) is 5.84 Å². The van der Waals surface area contributed by atoms with Crippen molar-refractivity contribution >= 4 is 34.7 Å². The van der Waals surface area contributed by atoms with Crippen molar-refractivity contribution in [2.75, 3.05) is 5.75 Å². The lowest BCUT2D eigenvalue weighted by Gasteiger charge is -2.31. The molecule has 1 aromatic carbocycles. The number of hydrogen-bond acceptors (Lipinski definition) is 5. The highest BCUT2D eigenvalue weighted by Crippen LogP contribution is 2.40. The summed E-state index contributed by atoms with van der Waals surface area (Å²) >= 11 is 9.56. The molecular weight excluding hydrogens is 300 g/mol. The van der Waals surface area contributed by atoms with Gasteiger partial charge in [0.05, 0.1) is 11.1 Å². The fourth-order valence-electron chi connectivity index (χ4n) is 2.08. The van der Waals surface area contributed by atoms with Crippen molar-refractivity contribution in [3.63, 3.8) is 0 Å². The summed E-state index contributed by atoms with van der Waals surface area (Å²) < 4.78 is 6.05. The number of nitrogens with two attached hydrogens (primary N) is 1. The summed E-state index contributed by atoms with van der Waals surface area (Å²) in [5.74, 6) is 7.45. The van der Waals surface area contributed by atoms with Gasteiger partial charge in [-0.3, -0.25) is 5.84 Å². The normalized spacial score (nSPS) is 19.6. The lowest BCUT2D eigenvalue weighted by atomic mass is 10.1. The molecule has 0 saturated heterocycles. The molecule has 0 spiro atoms. The number of nitrogens with one attached hydrogen (secondary N) is 1. The monoisotopic (exact) mass is 312 g/mol. The summed E-state index contributed by atoms with van der Waals surface area (Å²) in [5.41, 5.74) is 2.83. The Hall–Kier alpha value is -0.720. The molecule has 100 valence electrons. The van der Waals surface area contributed by atoms with Crippen molar-refractivity contribution in [3.05, 3.63) is 45.6 Å². The largest absolute Gasteiger partial charge is 0.486 e. The maximum Gasteiger partial charge on any atom is 0.133 e. The molecule has 3 N–H and O–H groups in total. The maximum absolute atomic E-state index is 6.19. The Morgan fingerprint density at radius 2 is 2.21 bits per heavy atom. The van der Waals surface area contributed by atoms with Crippen LogP contribution in [0.1, 0.15) is 10.9 Å². The van der Waals surface area contributed by atoms with Gasteiger partial charge < -0.3 is 4.74 Å². The first kappa shape index (κ1) is 13.3. The molecule has 6 heteroatoms. The quantitative estimate of drug-likeness (QED) is 0.673. The molecule has 0 amide bonds. The first-order chi connectivity index (χ1) is 9.29. The van der Waals surface area contributed by atoms with Crippen molar-refractivity contribution < 1.29 is 4.74 Å². The Balaban J connectivity index is 1.85. The molecule has 2 aromatic rings. The van der Waals surface area contributed by atoms with Gasteiger partial charge in [0.15, 0.2) is 0 Å². The highest BCUT2D eigenvalue weighted by Gasteiger charge is 2.30. The number of fused-ring (bicyclic) bond motifs is 1. The predicted octanol–water partition coefficient (Wildman–Crippen LogP) is 3.46. The summed E-state index contributed by atoms with van der Waals surface area (Å²) in [7, 11) is 0. The van der Waals surface area contributed by atoms with Crippen LogP contribution in [-0.4, -0.2) is 11.9 Å². The van der Waals surface area contributed by atoms with Gasteiger partial charge in [0.25, 0.3) is 0 Å². The van der Waals surface area contributed by atoms with E-state index >= 15 is 0 Å². The molecule has 2 unspecified atom stereocenters. The summed E-state index contributed by atoms with van der Waals surface area (Å²) in [6, 6.07) is 9.84. The lowest BCUT2D eigenvalue weighted by Crippen LogP contribution is -2.41. The molecular formula is C13H13ClN2OS2. The van der Waals surface area contributed by atoms with Gasteiger partial charge in [-0.1, -0.05) is 23.7 Å². The summed E-state index contributed by atoms with van der Waals surface area (Å²) in [6.07, 6.45) is -0.0268. The standard InChI is InChI=1S/C13H13ClN2OS2/c14-8-5-6-18-13(8)12(16-15)10-7-19-11-4-2-1-3-9(11)17-10/h1-6,10,12,16H,7,15H2. The fraction of sp³-hybridized carbons (Fsp3) is 0.231. The van der Waals surface area contributed by atoms with Gasteiger partial charge in [0, 0.05) is 15.5 Å². The van der Waals surface area contributed by atoms with Gasteiger partial charge in [-0.2, -0.15) is 0 Å². The number of para-hydroxylation sites is 1. The van der Waals surface area contributed by atoms with Crippen LogP contribution in [0.15, 0.2) is 40.6 Å². The van der Waals surface area contributed by atoms with Crippen molar-refractivity contribution in [2.45, 2.75) is 17.0 Å². The van der Waals surface area contributed by atoms with Crippen molar-refractivity contribution in [1.82, 2.24) is 5.43 Å². The van der Waals surface area contributed by atoms with E-state index in [1.807, 2.05) is 29.6 Å². The first-order valence-electron chi connectivity index (χ1n) is 5.87. The third-order valence-corrected chi connectivity index (χ3v) is 5.59. The van der Waals surface area contributed by atoms with Gasteiger partial charge in [-0.25, -0.2) is 5.43 Å². The molecule has 0 aliphatic carbocycles. The zero-order valence-corrected chi connectivity index (χ0v) is 12.4. The number of thioether (sulfide) groups is 1. The Morgan fingerprint density at radius 1 is 1.37 bits per heavy atom. The SMILES string of the molecule is NNC(c1sccc1Cl)C1CSc2ccccc2O1. The number of thiophene rings is 1. The van der Waals surface area contributed by atoms with Crippen molar-refractivity contribution in [3.8, 4) is 5.75 Å². The van der Waals surface area contributed by atoms with E-state index in [0.29, 0.717) is 0 Å². The molecule has 0 fully saturated rings. The van der Waals surface area contributed by atoms with E-state index in [9.17, 15) is 0 Å². The number of benzene rings is 1. The first-order valence-corrected chi connectivity index (χ1v) is 8.11. The third kappa shape index (κ3) is 2.61. The van der Waals surface area contributed by atoms with Crippen LogP contribution in [0.3, 0.4) is 0 Å². The topological polar surface area (TPSA) is 47.3 Å². The van der Waals surface area contributed by atoms with E-state index < -0.39 is 0 Å². The molecule has 1 aliphatic rings. The van der Waals surface area contributed by atoms with Gasteiger partial charge in [0.2, 0.25) is 0 Å². The third-order valence-electron chi connectivity index (χ3n) is 3.01. The second kappa shape index (κ2) is 5.73. The van der Waals surface area contributed by atoms with Gasteiger partial charge in [0.1, 0.15) is 11.9 Å². The molecule has 1 aliphatic heterocycles. The second-order valence-corrected chi connectivity index (χ2v) is 6.61. The smallest absolute Gasteiger partial charge is 0.133 e. The molecule has 3 nitrogen and oxygen atoms in total. The van der Waals surface area contributed by atoms with Crippen LogP contribution in [0.5, 0.6) is 5.75 Å². The molecule has 0 radical (unpaired) electrons. The number of halogens is 1. The number of hydrazine groups is 1. The van der Waals surface area contributed by atoms with Crippen LogP contribution in [-0.2, 0) is 0 Å². The van der Waals surface area contributed by atoms with Crippen LogP contribution in [0.2, 0.25) is 5.02 Å². The molecule has 2 atom stereocenters. The second-order valence-electron chi connectivity index (χ2n) is 4.19. The van der Waals surface area contributed by atoms with E-state index in [1.165, 1.54) is 4.90 Å². The number of ether oxygens (including phenoxy) is 1. The summed E-state index contributed by atoms with van der Waals surface area (Å²) in [5, 5.41) is 2.70. The maximum atomic E-state index is 6.19. The minimum atomic E-state index is -0.0895. The molecule has 0 bridgehead atoms. The van der Waals surface area contributed by atoms with Crippen LogP contribution < -0.4 is 16.0 Å². The van der Waals surface area contributed by atoms with Crippen LogP contribution in [0, 0.1) is 0 Å². The minimum Gasteiger partial charge on any atom is -0.486 e. The molecule has 19 heavy (non-hydrogen) atoms. The van der Waals surface area contributed by atoms with E-state index in [-0.39, 0.29) is 12.1 Å². The molecule has 2 heterocycles. The Morgan fingerprint density at radius 3 is 2.95 bits per heavy atom. The van der Waals surface area contributed by atoms with Gasteiger partial charge >= 0.3 is 0 Å². The van der Waals surface area contributed by atoms with Gasteiger partial charge in [-0.05, 0) is 23.6 Å². The van der Waals surface area contributed by atoms with Crippen molar-refractivity contribution in [1.29, 1.82) is 0 Å². The zero-order valence-electron chi connectivity index (χ0n) is 10.0. The highest BCUT2D eigenvalue weighted by molar-refractivity contribution is 7.99. The predicted molar refractivity (Wildman–Crippen MR) is 81.0 cm³/mol. The van der Waals surface area contributed by atoms with E-state index in [4.69, 9.17) is 22.2 Å². The molecule has 1 aromatic heterocycles. The van der Waals surface area contributed by atoms with Crippen LogP contribution in [0.25, 0.3) is 0 Å². The minimum absolute atomic E-state index is 0.0268. The fourth-order valence-corrected chi connectivity index (χ4v) is 4.40. The summed E-state index contributed by atoms with van der Waals surface area (Å²) in [4.78, 5) is 2.20. The number of hydrogen-bond donors (Lipinski definition) is 2. The van der Waals surface area contributed by atoms with Crippen LogP contribution in [0.4, 0.5) is 0 Å². The molecule has 0 saturated carbocycles. The average molecular weight is 313 g/mol. The lowest BCUT2D eigenvalue weighted by molar-refractivity contribution is 0.168. The Kier molecular flexibility index (Phi) is 4.00. The van der Waals surface area contributed by atoms with E-state index in [0.717, 1.165) is 21.4 Å². The summed E-state index contributed by atoms with van der Waals surface area (Å²) in [6.45, 7) is 0. The van der Waals surface area contributed by atoms with E-state index in [1.54, 1.807) is 23.1 Å². The number of rotatable bonds is 3. The average Bonchev–Trinajstić information content (AvgIpc) is 2.86. The zero-order chi connectivity index (χ0) is 13.2. The van der Waals surface area contributed by atoms with Crippen LogP contribution >= 0.6 is 34.7 Å². The Labute approximate surface area is 125 Å². The molecule has 3 rings (SSSR count). The Bertz CT molecular complexity index is 575.